The second kappa shape index (κ2) is 6.00. The number of ether oxygens (including phenoxy) is 1. The van der Waals surface area contributed by atoms with Gasteiger partial charge in [0.2, 0.25) is 0 Å². The summed E-state index contributed by atoms with van der Waals surface area (Å²) in [7, 11) is 1.47. The standard InChI is InChI=1S/C16H22O2S/c1-12-4-5-14(8-13(12)2)10-19-11-16(6-7-16)9-15(17)18-3/h4-5,8H,6-7,9-11H2,1-3H3. The highest BCUT2D eigenvalue weighted by Gasteiger charge is 2.44. The van der Waals surface area contributed by atoms with Crippen LogP contribution < -0.4 is 0 Å². The van der Waals surface area contributed by atoms with Gasteiger partial charge in [-0.2, -0.15) is 11.8 Å². The smallest absolute Gasteiger partial charge is 0.306 e. The minimum absolute atomic E-state index is 0.0655. The number of methoxy groups -OCH3 is 1. The number of carbonyl (C=O) groups excluding carboxylic acids is 1. The van der Waals surface area contributed by atoms with Crippen LogP contribution in [0.25, 0.3) is 0 Å². The van der Waals surface area contributed by atoms with Gasteiger partial charge in [-0.15, -0.1) is 0 Å². The molecule has 0 heterocycles. The van der Waals surface area contributed by atoms with Crippen molar-refractivity contribution in [2.24, 2.45) is 5.41 Å². The number of hydrogen-bond acceptors (Lipinski definition) is 3. The van der Waals surface area contributed by atoms with Crippen LogP contribution >= 0.6 is 11.8 Å². The molecule has 1 fully saturated rings. The Balaban J connectivity index is 1.80. The Morgan fingerprint density at radius 2 is 2.05 bits per heavy atom. The molecule has 19 heavy (non-hydrogen) atoms. The average Bonchev–Trinajstić information content (AvgIpc) is 3.13. The molecule has 1 aliphatic carbocycles. The fourth-order valence-corrected chi connectivity index (χ4v) is 3.55. The molecule has 104 valence electrons. The largest absolute Gasteiger partial charge is 0.469 e. The zero-order valence-electron chi connectivity index (χ0n) is 12.0. The fraction of sp³-hybridized carbons (Fsp3) is 0.562. The number of esters is 1. The first-order valence-electron chi connectivity index (χ1n) is 6.75. The van der Waals surface area contributed by atoms with Crippen molar-refractivity contribution in [2.75, 3.05) is 12.9 Å². The third-order valence-corrected chi connectivity index (χ3v) is 5.31. The van der Waals surface area contributed by atoms with E-state index in [1.807, 2.05) is 11.8 Å². The van der Waals surface area contributed by atoms with Crippen LogP contribution in [-0.4, -0.2) is 18.8 Å². The van der Waals surface area contributed by atoms with Crippen molar-refractivity contribution in [1.29, 1.82) is 0 Å². The van der Waals surface area contributed by atoms with Crippen LogP contribution in [0.15, 0.2) is 18.2 Å². The quantitative estimate of drug-likeness (QED) is 0.739. The van der Waals surface area contributed by atoms with Crippen LogP contribution in [0, 0.1) is 19.3 Å². The molecule has 0 atom stereocenters. The Bertz CT molecular complexity index is 464. The molecule has 0 bridgehead atoms. The van der Waals surface area contributed by atoms with Crippen molar-refractivity contribution in [1.82, 2.24) is 0 Å². The Morgan fingerprint density at radius 3 is 2.63 bits per heavy atom. The molecule has 2 nitrogen and oxygen atoms in total. The molecular formula is C16H22O2S. The zero-order valence-corrected chi connectivity index (χ0v) is 12.8. The van der Waals surface area contributed by atoms with Gasteiger partial charge in [0.1, 0.15) is 0 Å². The SMILES string of the molecule is COC(=O)CC1(CSCc2ccc(C)c(C)c2)CC1. The molecule has 0 unspecified atom stereocenters. The summed E-state index contributed by atoms with van der Waals surface area (Å²) in [5.41, 5.74) is 4.31. The Kier molecular flexibility index (Phi) is 4.56. The van der Waals surface area contributed by atoms with Gasteiger partial charge in [-0.25, -0.2) is 0 Å². The summed E-state index contributed by atoms with van der Waals surface area (Å²) in [6.07, 6.45) is 2.92. The zero-order chi connectivity index (χ0) is 13.9. The lowest BCUT2D eigenvalue weighted by atomic mass is 10.1. The van der Waals surface area contributed by atoms with Gasteiger partial charge in [0.25, 0.3) is 0 Å². The molecule has 2 rings (SSSR count). The predicted octanol–water partition coefficient (Wildman–Crippen LogP) is 3.88. The summed E-state index contributed by atoms with van der Waals surface area (Å²) in [4.78, 5) is 11.4. The van der Waals surface area contributed by atoms with E-state index in [0.29, 0.717) is 6.42 Å². The van der Waals surface area contributed by atoms with Gasteiger partial charge < -0.3 is 4.74 Å². The van der Waals surface area contributed by atoms with E-state index in [4.69, 9.17) is 4.74 Å². The van der Waals surface area contributed by atoms with E-state index < -0.39 is 0 Å². The van der Waals surface area contributed by atoms with Crippen LogP contribution in [0.1, 0.15) is 36.0 Å². The van der Waals surface area contributed by atoms with Gasteiger partial charge in [0.15, 0.2) is 0 Å². The number of thioether (sulfide) groups is 1. The highest BCUT2D eigenvalue weighted by molar-refractivity contribution is 7.98. The maximum absolute atomic E-state index is 11.4. The number of benzene rings is 1. The highest BCUT2D eigenvalue weighted by atomic mass is 32.2. The van der Waals surface area contributed by atoms with Crippen molar-refractivity contribution in [2.45, 2.75) is 38.9 Å². The van der Waals surface area contributed by atoms with Crippen LogP contribution in [0.3, 0.4) is 0 Å². The summed E-state index contributed by atoms with van der Waals surface area (Å²) in [6.45, 7) is 4.30. The summed E-state index contributed by atoms with van der Waals surface area (Å²) >= 11 is 1.94. The van der Waals surface area contributed by atoms with Crippen LogP contribution in [0.2, 0.25) is 0 Å². The van der Waals surface area contributed by atoms with E-state index >= 15 is 0 Å². The lowest BCUT2D eigenvalue weighted by molar-refractivity contribution is -0.141. The van der Waals surface area contributed by atoms with Gasteiger partial charge in [-0.3, -0.25) is 4.79 Å². The second-order valence-electron chi connectivity index (χ2n) is 5.66. The molecule has 0 N–H and O–H groups in total. The van der Waals surface area contributed by atoms with Crippen molar-refractivity contribution in [3.8, 4) is 0 Å². The molecule has 0 radical (unpaired) electrons. The first-order chi connectivity index (χ1) is 9.04. The molecular weight excluding hydrogens is 256 g/mol. The topological polar surface area (TPSA) is 26.3 Å². The van der Waals surface area contributed by atoms with E-state index in [-0.39, 0.29) is 11.4 Å². The van der Waals surface area contributed by atoms with Crippen molar-refractivity contribution in [3.05, 3.63) is 34.9 Å². The van der Waals surface area contributed by atoms with E-state index in [0.717, 1.165) is 11.5 Å². The van der Waals surface area contributed by atoms with E-state index in [2.05, 4.69) is 32.0 Å². The van der Waals surface area contributed by atoms with Gasteiger partial charge in [-0.05, 0) is 54.5 Å². The third-order valence-electron chi connectivity index (χ3n) is 3.95. The number of carbonyl (C=O) groups is 1. The summed E-state index contributed by atoms with van der Waals surface area (Å²) in [6, 6.07) is 6.66. The molecule has 0 saturated heterocycles. The number of rotatable bonds is 6. The van der Waals surface area contributed by atoms with Crippen molar-refractivity contribution >= 4 is 17.7 Å². The third kappa shape index (κ3) is 4.00. The molecule has 1 saturated carbocycles. The first kappa shape index (κ1) is 14.4. The maximum Gasteiger partial charge on any atom is 0.306 e. The maximum atomic E-state index is 11.4. The number of aryl methyl sites for hydroxylation is 2. The summed E-state index contributed by atoms with van der Waals surface area (Å²) in [5, 5.41) is 0. The lowest BCUT2D eigenvalue weighted by Gasteiger charge is -2.13. The van der Waals surface area contributed by atoms with E-state index in [1.165, 1.54) is 36.6 Å². The van der Waals surface area contributed by atoms with Crippen LogP contribution in [0.5, 0.6) is 0 Å². The van der Waals surface area contributed by atoms with E-state index in [1.54, 1.807) is 0 Å². The van der Waals surface area contributed by atoms with Crippen LogP contribution in [0.4, 0.5) is 0 Å². The minimum atomic E-state index is -0.0655. The Labute approximate surface area is 119 Å². The molecule has 1 aromatic rings. The highest BCUT2D eigenvalue weighted by Crippen LogP contribution is 2.51. The van der Waals surface area contributed by atoms with Crippen LogP contribution in [-0.2, 0) is 15.3 Å². The molecule has 3 heteroatoms. The second-order valence-corrected chi connectivity index (χ2v) is 6.65. The van der Waals surface area contributed by atoms with Gasteiger partial charge >= 0.3 is 5.97 Å². The molecule has 0 amide bonds. The van der Waals surface area contributed by atoms with E-state index in [9.17, 15) is 4.79 Å². The number of hydrogen-bond donors (Lipinski definition) is 0. The average molecular weight is 278 g/mol. The monoisotopic (exact) mass is 278 g/mol. The van der Waals surface area contributed by atoms with Gasteiger partial charge in [-0.1, -0.05) is 18.2 Å². The summed E-state index contributed by atoms with van der Waals surface area (Å²) in [5.74, 6) is 2.03. The molecule has 1 aliphatic rings. The Morgan fingerprint density at radius 1 is 1.32 bits per heavy atom. The molecule has 0 aliphatic heterocycles. The normalized spacial score (nSPS) is 16.2. The van der Waals surface area contributed by atoms with Crippen molar-refractivity contribution in [3.63, 3.8) is 0 Å². The lowest BCUT2D eigenvalue weighted by Crippen LogP contribution is -2.13. The Hall–Kier alpha value is -0.960. The molecule has 0 spiro atoms. The molecule has 0 aromatic heterocycles. The minimum Gasteiger partial charge on any atom is -0.469 e. The molecule has 1 aromatic carbocycles. The summed E-state index contributed by atoms with van der Waals surface area (Å²) < 4.78 is 4.77. The van der Waals surface area contributed by atoms with Crippen molar-refractivity contribution < 1.29 is 9.53 Å². The van der Waals surface area contributed by atoms with Gasteiger partial charge in [0, 0.05) is 5.75 Å². The predicted molar refractivity (Wildman–Crippen MR) is 80.4 cm³/mol. The van der Waals surface area contributed by atoms with Gasteiger partial charge in [0.05, 0.1) is 13.5 Å². The first-order valence-corrected chi connectivity index (χ1v) is 7.91. The fourth-order valence-electron chi connectivity index (χ4n) is 2.21.